The first-order valence-electron chi connectivity index (χ1n) is 11.6. The fourth-order valence-electron chi connectivity index (χ4n) is 4.28. The smallest absolute Gasteiger partial charge is 0.272 e. The van der Waals surface area contributed by atoms with Gasteiger partial charge in [-0.1, -0.05) is 84.9 Å². The van der Waals surface area contributed by atoms with Crippen LogP contribution in [-0.4, -0.2) is 36.5 Å². The predicted molar refractivity (Wildman–Crippen MR) is 142 cm³/mol. The van der Waals surface area contributed by atoms with Crippen molar-refractivity contribution in [3.8, 4) is 0 Å². The van der Waals surface area contributed by atoms with Gasteiger partial charge in [0.2, 0.25) is 12.1 Å². The molecule has 36 heavy (non-hydrogen) atoms. The zero-order valence-corrected chi connectivity index (χ0v) is 19.4. The third-order valence-electron chi connectivity index (χ3n) is 5.99. The van der Waals surface area contributed by atoms with E-state index in [4.69, 9.17) is 0 Å². The number of amides is 2. The van der Waals surface area contributed by atoms with Gasteiger partial charge in [0.15, 0.2) is 0 Å². The topological polar surface area (TPSA) is 78.8 Å². The van der Waals surface area contributed by atoms with E-state index in [9.17, 15) is 14.4 Å². The van der Waals surface area contributed by atoms with Gasteiger partial charge in [0.25, 0.3) is 5.91 Å². The monoisotopic (exact) mass is 473 g/mol. The third-order valence-corrected chi connectivity index (χ3v) is 5.99. The lowest BCUT2D eigenvalue weighted by atomic mass is 10.0. The Bertz CT molecular complexity index is 1510. The Balaban J connectivity index is 1.47. The van der Waals surface area contributed by atoms with E-state index in [1.807, 2.05) is 84.9 Å². The summed E-state index contributed by atoms with van der Waals surface area (Å²) in [6, 6.07) is 30.6. The zero-order valence-electron chi connectivity index (χ0n) is 19.4. The lowest BCUT2D eigenvalue weighted by Crippen LogP contribution is -2.47. The summed E-state index contributed by atoms with van der Waals surface area (Å²) >= 11 is 0. The summed E-state index contributed by atoms with van der Waals surface area (Å²) in [4.78, 5) is 43.8. The molecule has 0 fully saturated rings. The van der Waals surface area contributed by atoms with Crippen LogP contribution in [0.1, 0.15) is 16.7 Å². The molecule has 0 aliphatic carbocycles. The summed E-state index contributed by atoms with van der Waals surface area (Å²) in [5.41, 5.74) is 3.51. The van der Waals surface area contributed by atoms with Gasteiger partial charge in [0.05, 0.1) is 17.9 Å². The van der Waals surface area contributed by atoms with Gasteiger partial charge in [-0.3, -0.25) is 9.59 Å². The van der Waals surface area contributed by atoms with E-state index in [1.165, 1.54) is 11.0 Å². The Morgan fingerprint density at radius 1 is 0.889 bits per heavy atom. The van der Waals surface area contributed by atoms with Crippen molar-refractivity contribution in [3.63, 3.8) is 0 Å². The Morgan fingerprint density at radius 2 is 1.61 bits per heavy atom. The average molecular weight is 474 g/mol. The van der Waals surface area contributed by atoms with Crippen LogP contribution in [0.5, 0.6) is 0 Å². The fraction of sp³-hybridized carbons (Fsp3) is 0.0667. The van der Waals surface area contributed by atoms with Gasteiger partial charge in [-0.15, -0.1) is 0 Å². The molecule has 0 spiro atoms. The lowest BCUT2D eigenvalue weighted by Gasteiger charge is -2.23. The van der Waals surface area contributed by atoms with E-state index in [0.29, 0.717) is 23.2 Å². The van der Waals surface area contributed by atoms with Crippen LogP contribution in [0.4, 0.5) is 5.69 Å². The van der Waals surface area contributed by atoms with Crippen molar-refractivity contribution in [2.75, 3.05) is 11.4 Å². The fourth-order valence-corrected chi connectivity index (χ4v) is 4.28. The number of carbonyl (C=O) groups excluding carboxylic acids is 3. The number of benzene rings is 4. The maximum absolute atomic E-state index is 13.5. The van der Waals surface area contributed by atoms with Crippen molar-refractivity contribution in [2.24, 2.45) is 4.99 Å². The van der Waals surface area contributed by atoms with Crippen LogP contribution in [0.15, 0.2) is 108 Å². The minimum absolute atomic E-state index is 0.146. The summed E-state index contributed by atoms with van der Waals surface area (Å²) < 4.78 is 0. The number of aldehydes is 1. The Morgan fingerprint density at radius 3 is 2.42 bits per heavy atom. The Kier molecular flexibility index (Phi) is 6.49. The molecule has 1 atom stereocenters. The van der Waals surface area contributed by atoms with E-state index in [-0.39, 0.29) is 6.54 Å². The first-order valence-corrected chi connectivity index (χ1v) is 11.6. The van der Waals surface area contributed by atoms with Gasteiger partial charge in [0.1, 0.15) is 6.29 Å². The average Bonchev–Trinajstić information content (AvgIpc) is 3.03. The molecule has 1 aliphatic heterocycles. The largest absolute Gasteiger partial charge is 0.323 e. The van der Waals surface area contributed by atoms with Gasteiger partial charge < -0.3 is 15.0 Å². The predicted octanol–water partition coefficient (Wildman–Crippen LogP) is 4.38. The molecule has 0 saturated heterocycles. The number of rotatable bonds is 6. The van der Waals surface area contributed by atoms with Crippen LogP contribution in [0.2, 0.25) is 0 Å². The van der Waals surface area contributed by atoms with Gasteiger partial charge in [-0.2, -0.15) is 0 Å². The number of nitrogens with zero attached hydrogens (tertiary/aromatic N) is 2. The van der Waals surface area contributed by atoms with E-state index in [0.717, 1.165) is 21.9 Å². The van der Waals surface area contributed by atoms with Crippen LogP contribution in [0.25, 0.3) is 16.8 Å². The Hall–Kier alpha value is -4.84. The molecule has 1 aliphatic rings. The van der Waals surface area contributed by atoms with Crippen LogP contribution in [0, 0.1) is 0 Å². The zero-order chi connectivity index (χ0) is 24.9. The summed E-state index contributed by atoms with van der Waals surface area (Å²) in [6.45, 7) is -0.146. The highest BCUT2D eigenvalue weighted by Crippen LogP contribution is 2.28. The molecule has 1 unspecified atom stereocenters. The molecule has 1 N–H and O–H groups in total. The summed E-state index contributed by atoms with van der Waals surface area (Å²) in [5.74, 6) is -0.942. The van der Waals surface area contributed by atoms with Gasteiger partial charge >= 0.3 is 0 Å². The molecule has 0 saturated carbocycles. The minimum Gasteiger partial charge on any atom is -0.323 e. The first kappa shape index (κ1) is 22.9. The molecule has 4 aromatic rings. The third kappa shape index (κ3) is 4.70. The lowest BCUT2D eigenvalue weighted by molar-refractivity contribution is -0.125. The van der Waals surface area contributed by atoms with Crippen molar-refractivity contribution in [2.45, 2.75) is 6.17 Å². The number of para-hydroxylation sites is 1. The number of benzodiazepines with no additional fused rings is 1. The second kappa shape index (κ2) is 10.2. The number of fused-ring (bicyclic) bond motifs is 2. The first-order chi connectivity index (χ1) is 17.6. The van der Waals surface area contributed by atoms with Crippen LogP contribution < -0.4 is 10.2 Å². The molecule has 6 nitrogen and oxygen atoms in total. The molecule has 0 aromatic heterocycles. The Labute approximate surface area is 208 Å². The van der Waals surface area contributed by atoms with Gasteiger partial charge in [-0.05, 0) is 34.5 Å². The number of nitrogens with one attached hydrogen (secondary N) is 1. The van der Waals surface area contributed by atoms with Crippen molar-refractivity contribution in [1.29, 1.82) is 0 Å². The van der Waals surface area contributed by atoms with E-state index in [2.05, 4.69) is 10.3 Å². The molecule has 0 bridgehead atoms. The van der Waals surface area contributed by atoms with Gasteiger partial charge in [-0.25, -0.2) is 4.99 Å². The van der Waals surface area contributed by atoms with E-state index >= 15 is 0 Å². The number of hydrogen-bond donors (Lipinski definition) is 1. The van der Waals surface area contributed by atoms with E-state index in [1.54, 1.807) is 18.2 Å². The summed E-state index contributed by atoms with van der Waals surface area (Å²) in [7, 11) is 0. The number of aliphatic imine (C=N–C) groups is 1. The number of anilines is 1. The van der Waals surface area contributed by atoms with Crippen LogP contribution in [0.3, 0.4) is 0 Å². The molecule has 4 aromatic carbocycles. The van der Waals surface area contributed by atoms with Crippen LogP contribution in [-0.2, 0) is 14.4 Å². The SMILES string of the molecule is O=CCN1C(=O)C(NC(=O)/C=C/c2ccc3ccccc3c2)N=C(c2ccccc2)c2ccccc21. The normalized spacial score (nSPS) is 15.3. The molecule has 176 valence electrons. The number of hydrogen-bond acceptors (Lipinski definition) is 4. The second-order valence-corrected chi connectivity index (χ2v) is 8.33. The minimum atomic E-state index is -1.19. The molecule has 0 radical (unpaired) electrons. The molecular weight excluding hydrogens is 450 g/mol. The molecule has 5 rings (SSSR count). The molecular formula is C30H23N3O3. The molecule has 2 amide bonds. The maximum Gasteiger partial charge on any atom is 0.272 e. The van der Waals surface area contributed by atoms with E-state index < -0.39 is 18.0 Å². The van der Waals surface area contributed by atoms with Crippen molar-refractivity contribution < 1.29 is 14.4 Å². The molecule has 6 heteroatoms. The maximum atomic E-state index is 13.5. The summed E-state index contributed by atoms with van der Waals surface area (Å²) in [5, 5.41) is 4.90. The molecule has 1 heterocycles. The highest BCUT2D eigenvalue weighted by atomic mass is 16.2. The van der Waals surface area contributed by atoms with Crippen molar-refractivity contribution >= 4 is 46.3 Å². The summed E-state index contributed by atoms with van der Waals surface area (Å²) in [6.07, 6.45) is 2.56. The standard InChI is InChI=1S/C30H23N3O3/c34-19-18-33-26-13-7-6-12-25(26)28(23-9-2-1-3-10-23)32-29(30(33)36)31-27(35)17-15-21-14-16-22-8-4-5-11-24(22)20-21/h1-17,19-20,29H,18H2,(H,31,35)/b17-15+. The highest BCUT2D eigenvalue weighted by Gasteiger charge is 2.32. The van der Waals surface area contributed by atoms with Crippen molar-refractivity contribution in [3.05, 3.63) is 120 Å². The van der Waals surface area contributed by atoms with Crippen LogP contribution >= 0.6 is 0 Å². The van der Waals surface area contributed by atoms with Crippen molar-refractivity contribution in [1.82, 2.24) is 5.32 Å². The van der Waals surface area contributed by atoms with Gasteiger partial charge in [0, 0.05) is 17.2 Å². The highest BCUT2D eigenvalue weighted by molar-refractivity contribution is 6.20. The quantitative estimate of drug-likeness (QED) is 0.334. The number of carbonyl (C=O) groups is 3. The second-order valence-electron chi connectivity index (χ2n) is 8.33.